The van der Waals surface area contributed by atoms with Crippen molar-refractivity contribution in [1.82, 2.24) is 10.2 Å². The quantitative estimate of drug-likeness (QED) is 0.719. The lowest BCUT2D eigenvalue weighted by Crippen LogP contribution is -2.56. The third kappa shape index (κ3) is 5.04. The van der Waals surface area contributed by atoms with Crippen LogP contribution in [0.4, 0.5) is 5.69 Å². The molecular weight excluding hydrogens is 350 g/mol. The van der Waals surface area contributed by atoms with E-state index in [4.69, 9.17) is 15.5 Å². The van der Waals surface area contributed by atoms with E-state index in [0.717, 1.165) is 29.5 Å². The summed E-state index contributed by atoms with van der Waals surface area (Å²) in [6.07, 6.45) is 3.43. The van der Waals surface area contributed by atoms with E-state index in [2.05, 4.69) is 54.0 Å². The van der Waals surface area contributed by atoms with Gasteiger partial charge in [0.15, 0.2) is 5.79 Å². The lowest BCUT2D eigenvalue weighted by atomic mass is 10.1. The number of hydrogen-bond acceptors (Lipinski definition) is 6. The average molecular weight is 380 g/mol. The van der Waals surface area contributed by atoms with Gasteiger partial charge in [-0.1, -0.05) is 29.8 Å². The number of aliphatic imine (C=N–C) groups is 1. The van der Waals surface area contributed by atoms with Crippen LogP contribution in [-0.4, -0.2) is 37.7 Å². The summed E-state index contributed by atoms with van der Waals surface area (Å²) in [5.74, 6) is 1.62. The van der Waals surface area contributed by atoms with Gasteiger partial charge in [0.05, 0.1) is 7.11 Å². The number of methoxy groups -OCH3 is 1. The Bertz CT molecular complexity index is 856. The molecule has 1 atom stereocenters. The standard InChI is InChI=1S/C22H29N5O/c1-16-5-9-18(10-6-16)24-20-15-21(27(2)3)26-22(23,25-20)14-13-17-7-11-19(28-4)12-8-17/h5-12,15,24-25H,13-14,23H2,1-4H3. The second-order valence-corrected chi connectivity index (χ2v) is 7.31. The fourth-order valence-electron chi connectivity index (χ4n) is 3.00. The lowest BCUT2D eigenvalue weighted by Gasteiger charge is -2.34. The zero-order valence-corrected chi connectivity index (χ0v) is 17.0. The number of ether oxygens (including phenoxy) is 1. The average Bonchev–Trinajstić information content (AvgIpc) is 2.68. The summed E-state index contributed by atoms with van der Waals surface area (Å²) in [5, 5.41) is 6.77. The third-order valence-corrected chi connectivity index (χ3v) is 4.68. The molecule has 1 aliphatic heterocycles. The van der Waals surface area contributed by atoms with Crippen molar-refractivity contribution >= 4 is 11.5 Å². The van der Waals surface area contributed by atoms with Crippen molar-refractivity contribution in [2.24, 2.45) is 10.7 Å². The molecule has 0 radical (unpaired) electrons. The van der Waals surface area contributed by atoms with Gasteiger partial charge in [0, 0.05) is 32.3 Å². The summed E-state index contributed by atoms with van der Waals surface area (Å²) in [5.41, 5.74) is 10.0. The second-order valence-electron chi connectivity index (χ2n) is 7.31. The highest BCUT2D eigenvalue weighted by molar-refractivity contribution is 5.94. The van der Waals surface area contributed by atoms with Gasteiger partial charge >= 0.3 is 0 Å². The minimum atomic E-state index is -0.888. The van der Waals surface area contributed by atoms with Crippen LogP contribution in [0.3, 0.4) is 0 Å². The van der Waals surface area contributed by atoms with Crippen LogP contribution in [0.15, 0.2) is 65.4 Å². The number of hydrogen-bond donors (Lipinski definition) is 3. The van der Waals surface area contributed by atoms with Gasteiger partial charge in [-0.05, 0) is 43.2 Å². The normalized spacial score (nSPS) is 18.6. The van der Waals surface area contributed by atoms with Crippen molar-refractivity contribution in [3.8, 4) is 5.75 Å². The molecule has 0 aliphatic carbocycles. The van der Waals surface area contributed by atoms with Gasteiger partial charge in [-0.2, -0.15) is 0 Å². The topological polar surface area (TPSA) is 74.9 Å². The molecule has 1 heterocycles. The van der Waals surface area contributed by atoms with Crippen molar-refractivity contribution in [2.45, 2.75) is 25.6 Å². The van der Waals surface area contributed by atoms with Crippen molar-refractivity contribution in [3.05, 3.63) is 71.6 Å². The molecule has 0 spiro atoms. The minimum Gasteiger partial charge on any atom is -0.497 e. The van der Waals surface area contributed by atoms with Crippen molar-refractivity contribution in [1.29, 1.82) is 0 Å². The van der Waals surface area contributed by atoms with Crippen LogP contribution < -0.4 is 21.1 Å². The molecule has 0 aromatic heterocycles. The molecule has 1 unspecified atom stereocenters. The van der Waals surface area contributed by atoms with Gasteiger partial charge < -0.3 is 20.3 Å². The molecule has 148 valence electrons. The van der Waals surface area contributed by atoms with E-state index in [-0.39, 0.29) is 0 Å². The Morgan fingerprint density at radius 2 is 1.79 bits per heavy atom. The maximum Gasteiger partial charge on any atom is 0.185 e. The van der Waals surface area contributed by atoms with E-state index < -0.39 is 5.79 Å². The SMILES string of the molecule is COc1ccc(CCC2(N)N=C(N(C)C)C=C(Nc3ccc(C)cc3)N2)cc1. The number of anilines is 1. The lowest BCUT2D eigenvalue weighted by molar-refractivity contribution is 0.347. The fraction of sp³-hybridized carbons (Fsp3) is 0.318. The minimum absolute atomic E-state index is 0.656. The highest BCUT2D eigenvalue weighted by Gasteiger charge is 2.29. The van der Waals surface area contributed by atoms with Gasteiger partial charge in [-0.25, -0.2) is 4.99 Å². The summed E-state index contributed by atoms with van der Waals surface area (Å²) in [6, 6.07) is 16.3. The van der Waals surface area contributed by atoms with E-state index in [1.165, 1.54) is 11.1 Å². The first-order chi connectivity index (χ1) is 13.4. The van der Waals surface area contributed by atoms with Crippen molar-refractivity contribution < 1.29 is 4.74 Å². The van der Waals surface area contributed by atoms with Crippen LogP contribution in [0.25, 0.3) is 0 Å². The predicted octanol–water partition coefficient (Wildman–Crippen LogP) is 3.07. The first kappa shape index (κ1) is 19.8. The second kappa shape index (κ2) is 8.35. The molecule has 0 saturated heterocycles. The maximum absolute atomic E-state index is 6.63. The number of benzene rings is 2. The molecule has 0 bridgehead atoms. The zero-order chi connectivity index (χ0) is 20.1. The smallest absolute Gasteiger partial charge is 0.185 e. The van der Waals surface area contributed by atoms with Crippen LogP contribution in [0.1, 0.15) is 17.5 Å². The molecule has 0 amide bonds. The Balaban J connectivity index is 1.73. The summed E-state index contributed by atoms with van der Waals surface area (Å²) in [4.78, 5) is 6.70. The monoisotopic (exact) mass is 379 g/mol. The van der Waals surface area contributed by atoms with Gasteiger partial charge in [0.1, 0.15) is 17.4 Å². The summed E-state index contributed by atoms with van der Waals surface area (Å²) >= 11 is 0. The largest absolute Gasteiger partial charge is 0.497 e. The van der Waals surface area contributed by atoms with E-state index in [9.17, 15) is 0 Å². The molecule has 2 aromatic carbocycles. The molecule has 3 rings (SSSR count). The highest BCUT2D eigenvalue weighted by atomic mass is 16.5. The first-order valence-electron chi connectivity index (χ1n) is 9.39. The van der Waals surface area contributed by atoms with Crippen LogP contribution in [0.5, 0.6) is 5.75 Å². The number of nitrogens with one attached hydrogen (secondary N) is 2. The van der Waals surface area contributed by atoms with Crippen LogP contribution >= 0.6 is 0 Å². The number of amidine groups is 1. The van der Waals surface area contributed by atoms with Crippen LogP contribution in [0.2, 0.25) is 0 Å². The van der Waals surface area contributed by atoms with E-state index in [1.807, 2.05) is 37.2 Å². The predicted molar refractivity (Wildman–Crippen MR) is 115 cm³/mol. The first-order valence-corrected chi connectivity index (χ1v) is 9.39. The van der Waals surface area contributed by atoms with Crippen LogP contribution in [0, 0.1) is 6.92 Å². The molecule has 6 nitrogen and oxygen atoms in total. The summed E-state index contributed by atoms with van der Waals surface area (Å²) in [7, 11) is 5.60. The molecule has 28 heavy (non-hydrogen) atoms. The number of nitrogens with zero attached hydrogens (tertiary/aromatic N) is 2. The number of aryl methyl sites for hydroxylation is 2. The number of nitrogens with two attached hydrogens (primary N) is 1. The number of rotatable bonds is 6. The van der Waals surface area contributed by atoms with E-state index >= 15 is 0 Å². The Morgan fingerprint density at radius 1 is 1.11 bits per heavy atom. The van der Waals surface area contributed by atoms with Crippen LogP contribution in [-0.2, 0) is 6.42 Å². The molecule has 0 fully saturated rings. The van der Waals surface area contributed by atoms with Gasteiger partial charge in [0.2, 0.25) is 0 Å². The Hall–Kier alpha value is -2.99. The maximum atomic E-state index is 6.63. The third-order valence-electron chi connectivity index (χ3n) is 4.68. The Labute approximate surface area is 167 Å². The van der Waals surface area contributed by atoms with Gasteiger partial charge in [-0.15, -0.1) is 0 Å². The van der Waals surface area contributed by atoms with E-state index in [0.29, 0.717) is 6.42 Å². The fourth-order valence-corrected chi connectivity index (χ4v) is 3.00. The van der Waals surface area contributed by atoms with Gasteiger partial charge in [-0.3, -0.25) is 5.73 Å². The molecular formula is C22H29N5O. The summed E-state index contributed by atoms with van der Waals surface area (Å²) in [6.45, 7) is 2.07. The number of likely N-dealkylation sites (N-methyl/N-ethyl adjacent to an activating group) is 1. The van der Waals surface area contributed by atoms with Crippen molar-refractivity contribution in [2.75, 3.05) is 26.5 Å². The Morgan fingerprint density at radius 3 is 2.39 bits per heavy atom. The van der Waals surface area contributed by atoms with E-state index in [1.54, 1.807) is 7.11 Å². The molecule has 0 saturated carbocycles. The Kier molecular flexibility index (Phi) is 5.90. The molecule has 4 N–H and O–H groups in total. The molecule has 6 heteroatoms. The zero-order valence-electron chi connectivity index (χ0n) is 17.0. The molecule has 1 aliphatic rings. The summed E-state index contributed by atoms with van der Waals surface area (Å²) < 4.78 is 5.22. The van der Waals surface area contributed by atoms with Crippen molar-refractivity contribution in [3.63, 3.8) is 0 Å². The molecule has 2 aromatic rings. The highest BCUT2D eigenvalue weighted by Crippen LogP contribution is 2.20. The van der Waals surface area contributed by atoms with Gasteiger partial charge in [0.25, 0.3) is 0 Å².